The highest BCUT2D eigenvalue weighted by Gasteiger charge is 2.27. The third-order valence-corrected chi connectivity index (χ3v) is 4.71. The first kappa shape index (κ1) is 16.7. The number of nitrogens with one attached hydrogen (secondary N) is 1. The summed E-state index contributed by atoms with van der Waals surface area (Å²) in [6.45, 7) is 3.51. The van der Waals surface area contributed by atoms with E-state index in [0.29, 0.717) is 25.6 Å². The van der Waals surface area contributed by atoms with Gasteiger partial charge in [-0.15, -0.1) is 11.3 Å². The number of anilines is 2. The SMILES string of the molecule is Cc1cscc1NC(=O)N1CCO[C@@H](c2ccnc(N(C)C)n2)C1. The number of carbonyl (C=O) groups is 1. The Morgan fingerprint density at radius 1 is 1.46 bits per heavy atom. The second kappa shape index (κ2) is 7.14. The number of hydrogen-bond acceptors (Lipinski definition) is 6. The van der Waals surface area contributed by atoms with Crippen LogP contribution in [-0.2, 0) is 4.74 Å². The van der Waals surface area contributed by atoms with Crippen LogP contribution in [0.2, 0.25) is 0 Å². The van der Waals surface area contributed by atoms with Crippen LogP contribution in [0.4, 0.5) is 16.4 Å². The van der Waals surface area contributed by atoms with Crippen molar-refractivity contribution in [2.45, 2.75) is 13.0 Å². The molecule has 8 heteroatoms. The summed E-state index contributed by atoms with van der Waals surface area (Å²) in [6.07, 6.45) is 1.48. The van der Waals surface area contributed by atoms with Crippen LogP contribution in [0.3, 0.4) is 0 Å². The van der Waals surface area contributed by atoms with E-state index >= 15 is 0 Å². The molecule has 2 aromatic rings. The van der Waals surface area contributed by atoms with E-state index in [1.165, 1.54) is 0 Å². The van der Waals surface area contributed by atoms with Crippen LogP contribution >= 0.6 is 11.3 Å². The molecule has 0 bridgehead atoms. The molecule has 0 spiro atoms. The highest BCUT2D eigenvalue weighted by Crippen LogP contribution is 2.24. The molecule has 1 atom stereocenters. The molecule has 1 aliphatic rings. The summed E-state index contributed by atoms with van der Waals surface area (Å²) in [5.41, 5.74) is 2.73. The maximum Gasteiger partial charge on any atom is 0.322 e. The fourth-order valence-electron chi connectivity index (χ4n) is 2.45. The molecule has 0 radical (unpaired) electrons. The lowest BCUT2D eigenvalue weighted by molar-refractivity contribution is -0.0157. The highest BCUT2D eigenvalue weighted by atomic mass is 32.1. The molecule has 1 N–H and O–H groups in total. The number of ether oxygens (including phenoxy) is 1. The van der Waals surface area contributed by atoms with Gasteiger partial charge in [0.15, 0.2) is 0 Å². The summed E-state index contributed by atoms with van der Waals surface area (Å²) in [7, 11) is 3.79. The van der Waals surface area contributed by atoms with E-state index in [-0.39, 0.29) is 12.1 Å². The standard InChI is InChI=1S/C16H21N5O2S/c1-11-9-24-10-13(11)19-16(22)21-6-7-23-14(8-21)12-4-5-17-15(18-12)20(2)3/h4-5,9-10,14H,6-8H2,1-3H3,(H,19,22)/t14-/m1/s1. The van der Waals surface area contributed by atoms with Crippen molar-refractivity contribution in [1.29, 1.82) is 0 Å². The van der Waals surface area contributed by atoms with E-state index in [0.717, 1.165) is 16.9 Å². The number of carbonyl (C=O) groups excluding carboxylic acids is 1. The minimum atomic E-state index is -0.241. The third-order valence-electron chi connectivity index (χ3n) is 3.85. The van der Waals surface area contributed by atoms with Crippen molar-refractivity contribution < 1.29 is 9.53 Å². The summed E-state index contributed by atoms with van der Waals surface area (Å²) in [4.78, 5) is 24.8. The van der Waals surface area contributed by atoms with Gasteiger partial charge in [-0.1, -0.05) is 0 Å². The molecule has 0 aliphatic carbocycles. The second-order valence-electron chi connectivity index (χ2n) is 5.88. The van der Waals surface area contributed by atoms with Gasteiger partial charge in [-0.25, -0.2) is 14.8 Å². The average molecular weight is 347 g/mol. The topological polar surface area (TPSA) is 70.6 Å². The van der Waals surface area contributed by atoms with Gasteiger partial charge in [0.25, 0.3) is 0 Å². The minimum absolute atomic E-state index is 0.105. The van der Waals surface area contributed by atoms with Crippen molar-refractivity contribution in [1.82, 2.24) is 14.9 Å². The highest BCUT2D eigenvalue weighted by molar-refractivity contribution is 7.08. The van der Waals surface area contributed by atoms with Crippen molar-refractivity contribution in [2.75, 3.05) is 44.0 Å². The molecule has 3 heterocycles. The van der Waals surface area contributed by atoms with Crippen LogP contribution in [0.15, 0.2) is 23.0 Å². The largest absolute Gasteiger partial charge is 0.368 e. The first-order chi connectivity index (χ1) is 11.5. The monoisotopic (exact) mass is 347 g/mol. The zero-order chi connectivity index (χ0) is 17.1. The molecule has 0 saturated carbocycles. The first-order valence-corrected chi connectivity index (χ1v) is 8.69. The Kier molecular flexibility index (Phi) is 4.96. The third kappa shape index (κ3) is 3.65. The predicted molar refractivity (Wildman–Crippen MR) is 94.7 cm³/mol. The van der Waals surface area contributed by atoms with Crippen LogP contribution in [0.25, 0.3) is 0 Å². The van der Waals surface area contributed by atoms with Gasteiger partial charge in [-0.05, 0) is 23.9 Å². The van der Waals surface area contributed by atoms with E-state index in [2.05, 4.69) is 15.3 Å². The summed E-state index contributed by atoms with van der Waals surface area (Å²) in [5, 5.41) is 6.92. The number of aromatic nitrogens is 2. The molecular formula is C16H21N5O2S. The van der Waals surface area contributed by atoms with Crippen LogP contribution in [0.5, 0.6) is 0 Å². The minimum Gasteiger partial charge on any atom is -0.368 e. The molecule has 128 valence electrons. The van der Waals surface area contributed by atoms with E-state index in [4.69, 9.17) is 4.74 Å². The number of thiophene rings is 1. The summed E-state index contributed by atoms with van der Waals surface area (Å²) in [5.74, 6) is 0.631. The zero-order valence-electron chi connectivity index (χ0n) is 14.0. The molecule has 0 unspecified atom stereocenters. The smallest absolute Gasteiger partial charge is 0.322 e. The van der Waals surface area contributed by atoms with Crippen molar-refractivity contribution in [3.05, 3.63) is 34.3 Å². The zero-order valence-corrected chi connectivity index (χ0v) is 14.8. The maximum absolute atomic E-state index is 12.5. The van der Waals surface area contributed by atoms with E-state index < -0.39 is 0 Å². The predicted octanol–water partition coefficient (Wildman–Crippen LogP) is 2.52. The Morgan fingerprint density at radius 2 is 2.29 bits per heavy atom. The van der Waals surface area contributed by atoms with Crippen LogP contribution < -0.4 is 10.2 Å². The van der Waals surface area contributed by atoms with Crippen LogP contribution in [0, 0.1) is 6.92 Å². The quantitative estimate of drug-likeness (QED) is 0.924. The summed E-state index contributed by atoms with van der Waals surface area (Å²) >= 11 is 1.58. The van der Waals surface area contributed by atoms with E-state index in [1.54, 1.807) is 22.4 Å². The molecule has 1 saturated heterocycles. The number of amides is 2. The molecule has 0 aromatic carbocycles. The average Bonchev–Trinajstić information content (AvgIpc) is 3.00. The van der Waals surface area contributed by atoms with Crippen molar-refractivity contribution >= 4 is 29.0 Å². The molecule has 7 nitrogen and oxygen atoms in total. The van der Waals surface area contributed by atoms with Crippen molar-refractivity contribution in [3.63, 3.8) is 0 Å². The fraction of sp³-hybridized carbons (Fsp3) is 0.438. The Hall–Kier alpha value is -2.19. The summed E-state index contributed by atoms with van der Waals surface area (Å²) < 4.78 is 5.81. The lowest BCUT2D eigenvalue weighted by Gasteiger charge is -2.32. The van der Waals surface area contributed by atoms with E-state index in [9.17, 15) is 4.79 Å². The van der Waals surface area contributed by atoms with E-state index in [1.807, 2.05) is 42.7 Å². The molecule has 1 fully saturated rings. The molecule has 3 rings (SSSR count). The van der Waals surface area contributed by atoms with Gasteiger partial charge in [0, 0.05) is 32.2 Å². The van der Waals surface area contributed by atoms with Crippen molar-refractivity contribution in [2.24, 2.45) is 0 Å². The van der Waals surface area contributed by atoms with Gasteiger partial charge < -0.3 is 19.9 Å². The Balaban J connectivity index is 1.69. The van der Waals surface area contributed by atoms with Gasteiger partial charge in [0.2, 0.25) is 5.95 Å². The van der Waals surface area contributed by atoms with Gasteiger partial charge in [0.05, 0.1) is 24.5 Å². The Labute approximate surface area is 145 Å². The number of hydrogen-bond donors (Lipinski definition) is 1. The molecule has 24 heavy (non-hydrogen) atoms. The molecule has 1 aliphatic heterocycles. The van der Waals surface area contributed by atoms with Gasteiger partial charge in [-0.2, -0.15) is 0 Å². The lowest BCUT2D eigenvalue weighted by Crippen LogP contribution is -2.44. The number of urea groups is 1. The number of aryl methyl sites for hydroxylation is 1. The number of rotatable bonds is 3. The molecule has 2 aromatic heterocycles. The lowest BCUT2D eigenvalue weighted by atomic mass is 10.2. The molecule has 2 amide bonds. The van der Waals surface area contributed by atoms with Gasteiger partial charge >= 0.3 is 6.03 Å². The summed E-state index contributed by atoms with van der Waals surface area (Å²) in [6, 6.07) is 1.73. The van der Waals surface area contributed by atoms with Crippen LogP contribution in [-0.4, -0.2) is 54.7 Å². The van der Waals surface area contributed by atoms with Crippen molar-refractivity contribution in [3.8, 4) is 0 Å². The maximum atomic E-state index is 12.5. The number of nitrogens with zero attached hydrogens (tertiary/aromatic N) is 4. The number of morpholine rings is 1. The van der Waals surface area contributed by atoms with Crippen LogP contribution in [0.1, 0.15) is 17.4 Å². The fourth-order valence-corrected chi connectivity index (χ4v) is 3.23. The Morgan fingerprint density at radius 3 is 3.00 bits per heavy atom. The normalized spacial score (nSPS) is 17.6. The van der Waals surface area contributed by atoms with Gasteiger partial charge in [-0.3, -0.25) is 0 Å². The molecular weight excluding hydrogens is 326 g/mol. The Bertz CT molecular complexity index is 718. The van der Waals surface area contributed by atoms with Gasteiger partial charge in [0.1, 0.15) is 6.10 Å². The second-order valence-corrected chi connectivity index (χ2v) is 6.62. The first-order valence-electron chi connectivity index (χ1n) is 7.75.